The van der Waals surface area contributed by atoms with E-state index in [1.807, 2.05) is 51.9 Å². The maximum absolute atomic E-state index is 12.3. The van der Waals surface area contributed by atoms with Crippen LogP contribution in [0.3, 0.4) is 0 Å². The molecule has 164 valence electrons. The second-order valence-electron chi connectivity index (χ2n) is 8.44. The number of halogens is 1. The van der Waals surface area contributed by atoms with Gasteiger partial charge < -0.3 is 15.0 Å². The van der Waals surface area contributed by atoms with Gasteiger partial charge in [0.05, 0.1) is 0 Å². The van der Waals surface area contributed by atoms with E-state index in [2.05, 4.69) is 24.1 Å². The van der Waals surface area contributed by atoms with Crippen LogP contribution in [0.15, 0.2) is 48.8 Å². The maximum Gasteiger partial charge on any atom is 0.317 e. The van der Waals surface area contributed by atoms with Crippen molar-refractivity contribution < 1.29 is 9.53 Å². The van der Waals surface area contributed by atoms with E-state index >= 15 is 0 Å². The highest BCUT2D eigenvalue weighted by molar-refractivity contribution is 6.32. The Morgan fingerprint density at radius 1 is 1.19 bits per heavy atom. The van der Waals surface area contributed by atoms with Gasteiger partial charge in [-0.15, -0.1) is 0 Å². The van der Waals surface area contributed by atoms with Crippen molar-refractivity contribution in [3.05, 3.63) is 53.9 Å². The first-order valence-electron chi connectivity index (χ1n) is 10.9. The van der Waals surface area contributed by atoms with E-state index in [-0.39, 0.29) is 12.1 Å². The summed E-state index contributed by atoms with van der Waals surface area (Å²) in [5.41, 5.74) is 2.81. The third-order valence-electron chi connectivity index (χ3n) is 5.70. The number of ether oxygens (including phenoxy) is 1. The number of fused-ring (bicyclic) bond motifs is 1. The Bertz CT molecular complexity index is 1020. The molecule has 4 rings (SSSR count). The highest BCUT2D eigenvalue weighted by Crippen LogP contribution is 2.30. The van der Waals surface area contributed by atoms with Crippen molar-refractivity contribution in [2.24, 2.45) is 5.92 Å². The highest BCUT2D eigenvalue weighted by Gasteiger charge is 2.23. The van der Waals surface area contributed by atoms with E-state index in [0.29, 0.717) is 11.1 Å². The second-order valence-corrected chi connectivity index (χ2v) is 8.79. The summed E-state index contributed by atoms with van der Waals surface area (Å²) >= 11 is 6.55. The molecular weight excluding hydrogens is 412 g/mol. The summed E-state index contributed by atoms with van der Waals surface area (Å²) in [6, 6.07) is 12.0. The van der Waals surface area contributed by atoms with Gasteiger partial charge in [0, 0.05) is 50.4 Å². The number of hydrogen-bond acceptors (Lipinski definition) is 3. The predicted octanol–water partition coefficient (Wildman–Crippen LogP) is 5.25. The summed E-state index contributed by atoms with van der Waals surface area (Å²) in [6.45, 7) is 6.49. The van der Waals surface area contributed by atoms with E-state index < -0.39 is 0 Å². The molecule has 0 radical (unpaired) electrons. The topological polar surface area (TPSA) is 58.9 Å². The van der Waals surface area contributed by atoms with Gasteiger partial charge in [-0.3, -0.25) is 4.40 Å². The molecule has 0 bridgehead atoms. The van der Waals surface area contributed by atoms with Crippen molar-refractivity contribution in [3.8, 4) is 16.9 Å². The Morgan fingerprint density at radius 2 is 1.94 bits per heavy atom. The fourth-order valence-corrected chi connectivity index (χ4v) is 4.15. The summed E-state index contributed by atoms with van der Waals surface area (Å²) in [6.07, 6.45) is 6.39. The standard InChI is InChI=1S/C24H29ClN4O2/c1-17(2)9-12-27-24(30)28-14-10-20(11-15-28)31-19-5-3-18(4-6-19)21-7-8-22-26-13-16-29(22)23(21)25/h3-8,13,16-17,20H,9-12,14-15H2,1-2H3,(H,27,30). The van der Waals surface area contributed by atoms with Crippen LogP contribution < -0.4 is 10.1 Å². The number of urea groups is 1. The number of hydrogen-bond donors (Lipinski definition) is 1. The van der Waals surface area contributed by atoms with Crippen LogP contribution in [-0.4, -0.2) is 46.1 Å². The Morgan fingerprint density at radius 3 is 2.65 bits per heavy atom. The van der Waals surface area contributed by atoms with E-state index in [4.69, 9.17) is 16.3 Å². The van der Waals surface area contributed by atoms with Crippen molar-refractivity contribution in [1.82, 2.24) is 19.6 Å². The number of rotatable bonds is 6. The van der Waals surface area contributed by atoms with Gasteiger partial charge in [-0.2, -0.15) is 0 Å². The molecule has 0 spiro atoms. The zero-order chi connectivity index (χ0) is 21.8. The van der Waals surface area contributed by atoms with Crippen LogP contribution in [0.4, 0.5) is 4.79 Å². The largest absolute Gasteiger partial charge is 0.490 e. The molecule has 0 aliphatic carbocycles. The van der Waals surface area contributed by atoms with Crippen LogP contribution in [-0.2, 0) is 0 Å². The summed E-state index contributed by atoms with van der Waals surface area (Å²) in [5, 5.41) is 3.66. The first-order chi connectivity index (χ1) is 15.0. The molecule has 2 amide bonds. The van der Waals surface area contributed by atoms with Crippen molar-refractivity contribution in [2.75, 3.05) is 19.6 Å². The van der Waals surface area contributed by atoms with E-state index in [1.165, 1.54) is 0 Å². The van der Waals surface area contributed by atoms with Gasteiger partial charge in [-0.25, -0.2) is 9.78 Å². The van der Waals surface area contributed by atoms with Crippen LogP contribution in [0.25, 0.3) is 16.8 Å². The summed E-state index contributed by atoms with van der Waals surface area (Å²) in [4.78, 5) is 18.4. The number of nitrogens with zero attached hydrogens (tertiary/aromatic N) is 3. The minimum absolute atomic E-state index is 0.0372. The minimum Gasteiger partial charge on any atom is -0.490 e. The SMILES string of the molecule is CC(C)CCNC(=O)N1CCC(Oc2ccc(-c3ccc4nccn4c3Cl)cc2)CC1. The molecule has 0 saturated carbocycles. The first kappa shape index (κ1) is 21.5. The number of imidazole rings is 1. The summed E-state index contributed by atoms with van der Waals surface area (Å²) in [5.74, 6) is 1.43. The molecule has 0 atom stereocenters. The van der Waals surface area contributed by atoms with Crippen LogP contribution in [0.5, 0.6) is 5.75 Å². The molecule has 1 saturated heterocycles. The normalized spacial score (nSPS) is 14.9. The molecule has 1 aliphatic heterocycles. The molecule has 3 aromatic rings. The number of aromatic nitrogens is 2. The molecule has 3 heterocycles. The zero-order valence-electron chi connectivity index (χ0n) is 18.1. The molecule has 2 aromatic heterocycles. The van der Waals surface area contributed by atoms with Gasteiger partial charge in [-0.05, 0) is 42.2 Å². The number of benzene rings is 1. The Hall–Kier alpha value is -2.73. The number of piperidine rings is 1. The molecular formula is C24H29ClN4O2. The average Bonchev–Trinajstić information content (AvgIpc) is 3.25. The van der Waals surface area contributed by atoms with Crippen molar-refractivity contribution in [1.29, 1.82) is 0 Å². The number of amides is 2. The molecule has 1 fully saturated rings. The lowest BCUT2D eigenvalue weighted by Crippen LogP contribution is -2.46. The molecule has 1 N–H and O–H groups in total. The molecule has 31 heavy (non-hydrogen) atoms. The first-order valence-corrected chi connectivity index (χ1v) is 11.3. The Kier molecular flexibility index (Phi) is 6.66. The van der Waals surface area contributed by atoms with Crippen molar-refractivity contribution in [3.63, 3.8) is 0 Å². The lowest BCUT2D eigenvalue weighted by Gasteiger charge is -2.32. The summed E-state index contributed by atoms with van der Waals surface area (Å²) in [7, 11) is 0. The van der Waals surface area contributed by atoms with Gasteiger partial charge in [-0.1, -0.05) is 37.6 Å². The minimum atomic E-state index is 0.0372. The lowest BCUT2D eigenvalue weighted by molar-refractivity contribution is 0.111. The fraction of sp³-hybridized carbons (Fsp3) is 0.417. The number of likely N-dealkylation sites (tertiary alicyclic amines) is 1. The van der Waals surface area contributed by atoms with Gasteiger partial charge in [0.25, 0.3) is 0 Å². The van der Waals surface area contributed by atoms with Crippen molar-refractivity contribution >= 4 is 23.3 Å². The predicted molar refractivity (Wildman–Crippen MR) is 124 cm³/mol. The third kappa shape index (κ3) is 5.13. The molecule has 0 unspecified atom stereocenters. The number of carbonyl (C=O) groups excluding carboxylic acids is 1. The molecule has 1 aromatic carbocycles. The zero-order valence-corrected chi connectivity index (χ0v) is 18.8. The van der Waals surface area contributed by atoms with Gasteiger partial charge in [0.2, 0.25) is 0 Å². The van der Waals surface area contributed by atoms with E-state index in [0.717, 1.165) is 61.4 Å². The van der Waals surface area contributed by atoms with Gasteiger partial charge in [0.1, 0.15) is 22.7 Å². The van der Waals surface area contributed by atoms with Crippen molar-refractivity contribution in [2.45, 2.75) is 39.2 Å². The van der Waals surface area contributed by atoms with Crippen LogP contribution >= 0.6 is 11.6 Å². The van der Waals surface area contributed by atoms with E-state index in [1.54, 1.807) is 6.20 Å². The summed E-state index contributed by atoms with van der Waals surface area (Å²) < 4.78 is 8.04. The molecule has 7 heteroatoms. The monoisotopic (exact) mass is 440 g/mol. The molecule has 6 nitrogen and oxygen atoms in total. The van der Waals surface area contributed by atoms with Crippen LogP contribution in [0.2, 0.25) is 5.15 Å². The Balaban J connectivity index is 1.31. The lowest BCUT2D eigenvalue weighted by atomic mass is 10.1. The maximum atomic E-state index is 12.3. The van der Waals surface area contributed by atoms with Gasteiger partial charge >= 0.3 is 6.03 Å². The smallest absolute Gasteiger partial charge is 0.317 e. The van der Waals surface area contributed by atoms with E-state index in [9.17, 15) is 4.79 Å². The quantitative estimate of drug-likeness (QED) is 0.532. The third-order valence-corrected chi connectivity index (χ3v) is 6.08. The second kappa shape index (κ2) is 9.60. The number of carbonyl (C=O) groups is 1. The number of nitrogens with one attached hydrogen (secondary N) is 1. The molecule has 1 aliphatic rings. The highest BCUT2D eigenvalue weighted by atomic mass is 35.5. The fourth-order valence-electron chi connectivity index (χ4n) is 3.84. The van der Waals surface area contributed by atoms with Crippen LogP contribution in [0.1, 0.15) is 33.1 Å². The van der Waals surface area contributed by atoms with Gasteiger partial charge in [0.15, 0.2) is 0 Å². The number of pyridine rings is 1. The Labute approximate surface area is 188 Å². The average molecular weight is 441 g/mol. The van der Waals surface area contributed by atoms with Crippen LogP contribution in [0, 0.1) is 5.92 Å².